The highest BCUT2D eigenvalue weighted by molar-refractivity contribution is 6.30. The van der Waals surface area contributed by atoms with Gasteiger partial charge in [0.25, 0.3) is 0 Å². The van der Waals surface area contributed by atoms with Crippen molar-refractivity contribution in [2.75, 3.05) is 31.6 Å². The molecule has 0 atom stereocenters. The van der Waals surface area contributed by atoms with Crippen LogP contribution in [0.1, 0.15) is 13.8 Å². The maximum atomic E-state index is 6.07. The second-order valence-electron chi connectivity index (χ2n) is 5.05. The zero-order valence-corrected chi connectivity index (χ0v) is 11.3. The topological polar surface area (TPSA) is 24.5 Å². The Morgan fingerprint density at radius 3 is 2.82 bits per heavy atom. The highest BCUT2D eigenvalue weighted by Gasteiger charge is 2.27. The summed E-state index contributed by atoms with van der Waals surface area (Å²) in [6.07, 6.45) is 0. The van der Waals surface area contributed by atoms with Crippen LogP contribution in [0, 0.1) is 0 Å². The molecule has 0 unspecified atom stereocenters. The number of piperazine rings is 1. The molecule has 1 saturated heterocycles. The van der Waals surface area contributed by atoms with Gasteiger partial charge in [0.2, 0.25) is 0 Å². The van der Waals surface area contributed by atoms with Gasteiger partial charge in [0, 0.05) is 30.2 Å². The van der Waals surface area contributed by atoms with Crippen molar-refractivity contribution in [3.63, 3.8) is 0 Å². The van der Waals surface area contributed by atoms with E-state index in [0.717, 1.165) is 36.1 Å². The first-order valence-corrected chi connectivity index (χ1v) is 6.23. The van der Waals surface area contributed by atoms with Crippen molar-refractivity contribution in [1.29, 1.82) is 0 Å². The van der Waals surface area contributed by atoms with Crippen LogP contribution in [0.3, 0.4) is 0 Å². The Morgan fingerprint density at radius 2 is 2.18 bits per heavy atom. The molecule has 0 saturated carbocycles. The predicted molar refractivity (Wildman–Crippen MR) is 72.3 cm³/mol. The average molecular weight is 255 g/mol. The summed E-state index contributed by atoms with van der Waals surface area (Å²) in [5.41, 5.74) is 1.19. The standard InChI is InChI=1S/C13H19ClN2O/c1-13(2)9-16(7-6-15-13)11-8-10(14)4-5-12(11)17-3/h4-5,8,15H,6-7,9H2,1-3H3. The normalized spacial score (nSPS) is 19.2. The first-order valence-electron chi connectivity index (χ1n) is 5.85. The van der Waals surface area contributed by atoms with Crippen LogP contribution in [-0.2, 0) is 0 Å². The van der Waals surface area contributed by atoms with E-state index in [0.29, 0.717) is 0 Å². The van der Waals surface area contributed by atoms with E-state index in [2.05, 4.69) is 24.1 Å². The molecule has 0 amide bonds. The van der Waals surface area contributed by atoms with Crippen LogP contribution in [0.4, 0.5) is 5.69 Å². The number of nitrogens with one attached hydrogen (secondary N) is 1. The van der Waals surface area contributed by atoms with Crippen LogP contribution in [0.25, 0.3) is 0 Å². The fourth-order valence-corrected chi connectivity index (χ4v) is 2.42. The lowest BCUT2D eigenvalue weighted by Crippen LogP contribution is -2.57. The summed E-state index contributed by atoms with van der Waals surface area (Å²) in [5.74, 6) is 0.882. The SMILES string of the molecule is COc1ccc(Cl)cc1N1CCNC(C)(C)C1. The summed E-state index contributed by atoms with van der Waals surface area (Å²) in [6, 6.07) is 5.76. The molecule has 94 valence electrons. The molecule has 1 heterocycles. The van der Waals surface area contributed by atoms with Crippen molar-refractivity contribution in [3.8, 4) is 5.75 Å². The van der Waals surface area contributed by atoms with Gasteiger partial charge in [-0.1, -0.05) is 11.6 Å². The fraction of sp³-hybridized carbons (Fsp3) is 0.538. The van der Waals surface area contributed by atoms with Gasteiger partial charge in [0.15, 0.2) is 0 Å². The number of rotatable bonds is 2. The number of anilines is 1. The fourth-order valence-electron chi connectivity index (χ4n) is 2.26. The Balaban J connectivity index is 2.29. The molecule has 1 aromatic rings. The van der Waals surface area contributed by atoms with Gasteiger partial charge in [-0.15, -0.1) is 0 Å². The van der Waals surface area contributed by atoms with E-state index in [1.807, 2.05) is 18.2 Å². The Morgan fingerprint density at radius 1 is 1.41 bits per heavy atom. The molecule has 1 aromatic carbocycles. The first-order chi connectivity index (χ1) is 8.02. The lowest BCUT2D eigenvalue weighted by atomic mass is 10.0. The third-order valence-electron chi connectivity index (χ3n) is 3.05. The first kappa shape index (κ1) is 12.5. The third-order valence-corrected chi connectivity index (χ3v) is 3.29. The van der Waals surface area contributed by atoms with E-state index in [9.17, 15) is 0 Å². The molecule has 1 aliphatic rings. The number of ether oxygens (including phenoxy) is 1. The molecule has 2 rings (SSSR count). The quantitative estimate of drug-likeness (QED) is 0.878. The van der Waals surface area contributed by atoms with Crippen molar-refractivity contribution < 1.29 is 4.74 Å². The largest absolute Gasteiger partial charge is 0.495 e. The van der Waals surface area contributed by atoms with Crippen LogP contribution < -0.4 is 15.0 Å². The van der Waals surface area contributed by atoms with Crippen LogP contribution in [-0.4, -0.2) is 32.3 Å². The Kier molecular flexibility index (Phi) is 3.50. The number of hydrogen-bond donors (Lipinski definition) is 1. The zero-order chi connectivity index (χ0) is 12.5. The lowest BCUT2D eigenvalue weighted by molar-refractivity contribution is 0.348. The van der Waals surface area contributed by atoms with Gasteiger partial charge in [0.05, 0.1) is 12.8 Å². The second-order valence-corrected chi connectivity index (χ2v) is 5.48. The van der Waals surface area contributed by atoms with Gasteiger partial charge in [0.1, 0.15) is 5.75 Å². The van der Waals surface area contributed by atoms with E-state index in [1.165, 1.54) is 0 Å². The molecule has 1 N–H and O–H groups in total. The summed E-state index contributed by atoms with van der Waals surface area (Å²) in [5, 5.41) is 4.24. The molecule has 0 bridgehead atoms. The van der Waals surface area contributed by atoms with Gasteiger partial charge in [-0.2, -0.15) is 0 Å². The monoisotopic (exact) mass is 254 g/mol. The predicted octanol–water partition coefficient (Wildman–Crippen LogP) is 2.54. The molecular formula is C13H19ClN2O. The smallest absolute Gasteiger partial charge is 0.142 e. The summed E-state index contributed by atoms with van der Waals surface area (Å²) in [7, 11) is 1.69. The minimum absolute atomic E-state index is 0.117. The van der Waals surface area contributed by atoms with Crippen LogP contribution in [0.5, 0.6) is 5.75 Å². The van der Waals surface area contributed by atoms with Gasteiger partial charge >= 0.3 is 0 Å². The number of nitrogens with zero attached hydrogens (tertiary/aromatic N) is 1. The van der Waals surface area contributed by atoms with Crippen molar-refractivity contribution in [2.45, 2.75) is 19.4 Å². The number of methoxy groups -OCH3 is 1. The molecule has 4 heteroatoms. The zero-order valence-electron chi connectivity index (χ0n) is 10.6. The highest BCUT2D eigenvalue weighted by atomic mass is 35.5. The second kappa shape index (κ2) is 4.75. The van der Waals surface area contributed by atoms with E-state index in [-0.39, 0.29) is 5.54 Å². The van der Waals surface area contributed by atoms with Crippen molar-refractivity contribution in [1.82, 2.24) is 5.32 Å². The van der Waals surface area contributed by atoms with Gasteiger partial charge in [-0.05, 0) is 32.0 Å². The Hall–Kier alpha value is -0.930. The molecule has 1 fully saturated rings. The molecule has 1 aliphatic heterocycles. The van der Waals surface area contributed by atoms with Crippen molar-refractivity contribution in [2.24, 2.45) is 0 Å². The minimum Gasteiger partial charge on any atom is -0.495 e. The number of hydrogen-bond acceptors (Lipinski definition) is 3. The van der Waals surface area contributed by atoms with Gasteiger partial charge in [-0.3, -0.25) is 0 Å². The molecule has 17 heavy (non-hydrogen) atoms. The molecule has 0 aliphatic carbocycles. The molecule has 0 spiro atoms. The minimum atomic E-state index is 0.117. The van der Waals surface area contributed by atoms with Gasteiger partial charge in [-0.25, -0.2) is 0 Å². The maximum absolute atomic E-state index is 6.07. The van der Waals surface area contributed by atoms with Crippen molar-refractivity contribution in [3.05, 3.63) is 23.2 Å². The highest BCUT2D eigenvalue weighted by Crippen LogP contribution is 2.32. The Labute approximate surface area is 108 Å². The lowest BCUT2D eigenvalue weighted by Gasteiger charge is -2.40. The van der Waals surface area contributed by atoms with E-state index >= 15 is 0 Å². The van der Waals surface area contributed by atoms with Crippen LogP contribution >= 0.6 is 11.6 Å². The van der Waals surface area contributed by atoms with Gasteiger partial charge < -0.3 is 15.0 Å². The van der Waals surface area contributed by atoms with Crippen LogP contribution in [0.2, 0.25) is 5.02 Å². The Bertz CT molecular complexity index is 406. The average Bonchev–Trinajstić information content (AvgIpc) is 2.27. The van der Waals surface area contributed by atoms with Crippen molar-refractivity contribution >= 4 is 17.3 Å². The number of halogens is 1. The summed E-state index contributed by atoms with van der Waals surface area (Å²) < 4.78 is 5.40. The number of benzene rings is 1. The summed E-state index contributed by atoms with van der Waals surface area (Å²) >= 11 is 6.07. The van der Waals surface area contributed by atoms with E-state index in [4.69, 9.17) is 16.3 Å². The maximum Gasteiger partial charge on any atom is 0.142 e. The molecular weight excluding hydrogens is 236 g/mol. The third kappa shape index (κ3) is 2.85. The molecule has 3 nitrogen and oxygen atoms in total. The molecule has 0 radical (unpaired) electrons. The molecule has 0 aromatic heterocycles. The van der Waals surface area contributed by atoms with E-state index in [1.54, 1.807) is 7.11 Å². The summed E-state index contributed by atoms with van der Waals surface area (Å²) in [6.45, 7) is 7.30. The van der Waals surface area contributed by atoms with Crippen LogP contribution in [0.15, 0.2) is 18.2 Å². The summed E-state index contributed by atoms with van der Waals surface area (Å²) in [4.78, 5) is 2.32. The van der Waals surface area contributed by atoms with E-state index < -0.39 is 0 Å².